The van der Waals surface area contributed by atoms with Crippen LogP contribution in [0.1, 0.15) is 179 Å². The zero-order chi connectivity index (χ0) is 45.5. The molecule has 6 nitrogen and oxygen atoms in total. The molecule has 1 N–H and O–H groups in total. The highest BCUT2D eigenvalue weighted by atomic mass is 16.7. The smallest absolute Gasteiger partial charge is 0.345 e. The standard InChI is InChI=1S/C57H85NO5/c1-5-8-11-14-16-18-20-22-24-26-28-30-32-34-36-38-41-44-49-58-53-47-48-55(54(51-53)57(60)63-52(4)62-56(59)46-43-40-13-10-7-3)61-50-45-42-39-37-35-33-31-29-27-25-23-21-19-17-15-12-9-6-2/h8-9,11-12,16-19,22-25,28-31,34-37,47-48,51-52,58H,5-7,10,13-15,20-21,26-27,32-33,38-46,49-50H2,1-4H3/b11-8-,12-9-,18-16-,19-17-,24-22-,25-23-,30-28-,31-29-,36-34-,37-35-. The number of carbonyl (C=O) groups is 2. The van der Waals surface area contributed by atoms with E-state index in [1.807, 2.05) is 12.1 Å². The second-order valence-corrected chi connectivity index (χ2v) is 15.5. The van der Waals surface area contributed by atoms with E-state index in [2.05, 4.69) is 148 Å². The normalized spacial score (nSPS) is 13.1. The Hall–Kier alpha value is -4.84. The first-order chi connectivity index (χ1) is 31.0. The van der Waals surface area contributed by atoms with Crippen molar-refractivity contribution in [1.82, 2.24) is 0 Å². The lowest BCUT2D eigenvalue weighted by molar-refractivity contribution is -0.165. The monoisotopic (exact) mass is 864 g/mol. The summed E-state index contributed by atoms with van der Waals surface area (Å²) in [5.74, 6) is -0.460. The molecule has 0 aliphatic carbocycles. The summed E-state index contributed by atoms with van der Waals surface area (Å²) in [5.41, 5.74) is 1.14. The van der Waals surface area contributed by atoms with Crippen molar-refractivity contribution in [2.75, 3.05) is 18.5 Å². The minimum absolute atomic E-state index is 0.319. The minimum atomic E-state index is -0.996. The van der Waals surface area contributed by atoms with Crippen molar-refractivity contribution in [3.8, 4) is 5.75 Å². The van der Waals surface area contributed by atoms with Crippen molar-refractivity contribution in [1.29, 1.82) is 0 Å². The Balaban J connectivity index is 2.54. The first-order valence-corrected chi connectivity index (χ1v) is 24.4. The van der Waals surface area contributed by atoms with Crippen molar-refractivity contribution < 1.29 is 23.8 Å². The lowest BCUT2D eigenvalue weighted by Gasteiger charge is -2.17. The van der Waals surface area contributed by atoms with Crippen molar-refractivity contribution >= 4 is 17.6 Å². The summed E-state index contributed by atoms with van der Waals surface area (Å²) >= 11 is 0. The molecule has 1 aromatic rings. The highest BCUT2D eigenvalue weighted by Gasteiger charge is 2.20. The molecule has 63 heavy (non-hydrogen) atoms. The summed E-state index contributed by atoms with van der Waals surface area (Å²) in [7, 11) is 0. The van der Waals surface area contributed by atoms with Crippen molar-refractivity contribution in [3.05, 3.63) is 145 Å². The average Bonchev–Trinajstić information content (AvgIpc) is 3.28. The van der Waals surface area contributed by atoms with E-state index in [1.54, 1.807) is 13.0 Å². The second-order valence-electron chi connectivity index (χ2n) is 15.5. The zero-order valence-corrected chi connectivity index (χ0v) is 39.9. The van der Waals surface area contributed by atoms with Crippen LogP contribution in [0.2, 0.25) is 0 Å². The molecule has 1 rings (SSSR count). The molecule has 0 amide bonds. The molecule has 0 bridgehead atoms. The number of rotatable bonds is 39. The van der Waals surface area contributed by atoms with Gasteiger partial charge >= 0.3 is 11.9 Å². The number of hydrogen-bond acceptors (Lipinski definition) is 6. The maximum Gasteiger partial charge on any atom is 0.345 e. The molecule has 1 aromatic carbocycles. The van der Waals surface area contributed by atoms with Crippen LogP contribution in [0, 0.1) is 0 Å². The molecule has 0 aromatic heterocycles. The van der Waals surface area contributed by atoms with E-state index >= 15 is 0 Å². The number of benzene rings is 1. The Labute approximate surface area is 384 Å². The van der Waals surface area contributed by atoms with Gasteiger partial charge in [-0.05, 0) is 127 Å². The largest absolute Gasteiger partial charge is 0.493 e. The lowest BCUT2D eigenvalue weighted by atomic mass is 10.1. The fourth-order valence-corrected chi connectivity index (χ4v) is 6.18. The number of allylic oxidation sites excluding steroid dienone is 20. The van der Waals surface area contributed by atoms with Gasteiger partial charge in [-0.25, -0.2) is 4.79 Å². The Morgan fingerprint density at radius 1 is 0.524 bits per heavy atom. The first-order valence-electron chi connectivity index (χ1n) is 24.4. The van der Waals surface area contributed by atoms with E-state index < -0.39 is 12.3 Å². The van der Waals surface area contributed by atoms with Crippen LogP contribution in [-0.2, 0) is 14.3 Å². The molecule has 6 heteroatoms. The number of carbonyl (C=O) groups excluding carboxylic acids is 2. The summed E-state index contributed by atoms with van der Waals surface area (Å²) in [4.78, 5) is 25.8. The Kier molecular flexibility index (Phi) is 39.1. The molecular formula is C57H85NO5. The summed E-state index contributed by atoms with van der Waals surface area (Å²) in [5, 5.41) is 3.46. The molecule has 0 radical (unpaired) electrons. The average molecular weight is 864 g/mol. The first kappa shape index (κ1) is 56.2. The van der Waals surface area contributed by atoms with E-state index in [9.17, 15) is 9.59 Å². The number of hydrogen-bond donors (Lipinski definition) is 1. The van der Waals surface area contributed by atoms with Crippen LogP contribution in [0.4, 0.5) is 5.69 Å². The van der Waals surface area contributed by atoms with Crippen LogP contribution in [0.25, 0.3) is 0 Å². The zero-order valence-electron chi connectivity index (χ0n) is 39.9. The number of nitrogens with one attached hydrogen (secondary N) is 1. The quantitative estimate of drug-likeness (QED) is 0.0308. The molecule has 1 atom stereocenters. The third-order valence-electron chi connectivity index (χ3n) is 9.72. The maximum atomic E-state index is 13.4. The molecule has 0 aliphatic heterocycles. The van der Waals surface area contributed by atoms with Gasteiger partial charge in [0.2, 0.25) is 6.29 Å². The fourth-order valence-electron chi connectivity index (χ4n) is 6.18. The predicted molar refractivity (Wildman–Crippen MR) is 271 cm³/mol. The summed E-state index contributed by atoms with van der Waals surface area (Å²) in [6.07, 6.45) is 64.7. The van der Waals surface area contributed by atoms with Crippen LogP contribution in [0.15, 0.2) is 140 Å². The van der Waals surface area contributed by atoms with E-state index in [0.29, 0.717) is 24.3 Å². The van der Waals surface area contributed by atoms with Gasteiger partial charge in [0.25, 0.3) is 0 Å². The van der Waals surface area contributed by atoms with Gasteiger partial charge in [-0.3, -0.25) is 4.79 Å². The predicted octanol–water partition coefficient (Wildman–Crippen LogP) is 16.7. The number of esters is 2. The van der Waals surface area contributed by atoms with E-state index in [4.69, 9.17) is 14.2 Å². The van der Waals surface area contributed by atoms with E-state index in [0.717, 1.165) is 147 Å². The Morgan fingerprint density at radius 3 is 1.48 bits per heavy atom. The van der Waals surface area contributed by atoms with Crippen LogP contribution < -0.4 is 10.1 Å². The van der Waals surface area contributed by atoms with Gasteiger partial charge in [-0.1, -0.05) is 168 Å². The summed E-state index contributed by atoms with van der Waals surface area (Å²) in [6, 6.07) is 5.54. The minimum Gasteiger partial charge on any atom is -0.493 e. The SMILES string of the molecule is CC/C=C\C/C=C\C/C=C\C/C=C\C/C=C\CCCCNc1ccc(OCCCC/C=C\C/C=C\C/C=C\C/C=C\C/C=C\CC)c(C(=O)OC(C)OC(=O)CCCCCCC)c1. The van der Waals surface area contributed by atoms with E-state index in [-0.39, 0.29) is 5.97 Å². The molecule has 0 heterocycles. The van der Waals surface area contributed by atoms with Gasteiger partial charge in [0.1, 0.15) is 11.3 Å². The molecule has 0 fully saturated rings. The topological polar surface area (TPSA) is 73.9 Å². The number of anilines is 1. The van der Waals surface area contributed by atoms with Gasteiger partial charge in [-0.2, -0.15) is 0 Å². The Bertz CT molecular complexity index is 1590. The highest BCUT2D eigenvalue weighted by Crippen LogP contribution is 2.25. The molecular weight excluding hydrogens is 779 g/mol. The second kappa shape index (κ2) is 43.8. The molecule has 0 spiro atoms. The lowest BCUT2D eigenvalue weighted by Crippen LogP contribution is -2.22. The molecule has 0 aliphatic rings. The maximum absolute atomic E-state index is 13.4. The third-order valence-corrected chi connectivity index (χ3v) is 9.72. The van der Waals surface area contributed by atoms with Crippen LogP contribution in [0.3, 0.4) is 0 Å². The van der Waals surface area contributed by atoms with Crippen LogP contribution >= 0.6 is 0 Å². The van der Waals surface area contributed by atoms with Gasteiger partial charge in [-0.15, -0.1) is 0 Å². The van der Waals surface area contributed by atoms with Crippen molar-refractivity contribution in [3.63, 3.8) is 0 Å². The number of unbranched alkanes of at least 4 members (excludes halogenated alkanes) is 8. The fraction of sp³-hybridized carbons (Fsp3) is 0.509. The molecule has 0 saturated heterocycles. The molecule has 1 unspecified atom stereocenters. The highest BCUT2D eigenvalue weighted by molar-refractivity contribution is 5.94. The van der Waals surface area contributed by atoms with Gasteiger partial charge in [0.05, 0.1) is 6.61 Å². The van der Waals surface area contributed by atoms with Gasteiger partial charge in [0.15, 0.2) is 0 Å². The molecule has 0 saturated carbocycles. The Morgan fingerprint density at radius 2 is 0.984 bits per heavy atom. The van der Waals surface area contributed by atoms with Crippen molar-refractivity contribution in [2.24, 2.45) is 0 Å². The van der Waals surface area contributed by atoms with Crippen LogP contribution in [0.5, 0.6) is 5.75 Å². The molecule has 348 valence electrons. The van der Waals surface area contributed by atoms with Gasteiger partial charge in [0, 0.05) is 25.6 Å². The van der Waals surface area contributed by atoms with Crippen molar-refractivity contribution in [2.45, 2.75) is 175 Å². The van der Waals surface area contributed by atoms with E-state index in [1.165, 1.54) is 0 Å². The summed E-state index contributed by atoms with van der Waals surface area (Å²) in [6.45, 7) is 9.32. The summed E-state index contributed by atoms with van der Waals surface area (Å²) < 4.78 is 17.2. The van der Waals surface area contributed by atoms with Crippen LogP contribution in [-0.4, -0.2) is 31.4 Å². The van der Waals surface area contributed by atoms with Gasteiger partial charge < -0.3 is 19.5 Å². The third kappa shape index (κ3) is 36.4. The number of ether oxygens (including phenoxy) is 3.